The van der Waals surface area contributed by atoms with Crippen LogP contribution in [0.15, 0.2) is 96.8 Å². The van der Waals surface area contributed by atoms with Crippen LogP contribution in [-0.2, 0) is 13.1 Å². The number of aryl methyl sites for hydroxylation is 1. The molecule has 4 heteroatoms. The highest BCUT2D eigenvalue weighted by Crippen LogP contribution is 2.44. The third-order valence-corrected chi connectivity index (χ3v) is 6.55. The van der Waals surface area contributed by atoms with Crippen LogP contribution in [0.3, 0.4) is 0 Å². The van der Waals surface area contributed by atoms with Gasteiger partial charge in [-0.05, 0) is 46.9 Å². The second kappa shape index (κ2) is 8.90. The molecule has 0 N–H and O–H groups in total. The number of ketones is 1. The predicted molar refractivity (Wildman–Crippen MR) is 137 cm³/mol. The smallest absolute Gasteiger partial charge is 0.232 e. The number of fused-ring (bicyclic) bond motifs is 3. The van der Waals surface area contributed by atoms with Gasteiger partial charge in [0.2, 0.25) is 5.78 Å². The van der Waals surface area contributed by atoms with E-state index in [-0.39, 0.29) is 5.78 Å². The Hall–Kier alpha value is -4.15. The van der Waals surface area contributed by atoms with Crippen LogP contribution < -0.4 is 9.47 Å². The lowest BCUT2D eigenvalue weighted by Gasteiger charge is -2.30. The molecular formula is C31H25NO3. The fraction of sp³-hybridized carbons (Fsp3) is 0.129. The van der Waals surface area contributed by atoms with Gasteiger partial charge in [-0.2, -0.15) is 0 Å². The Bertz CT molecular complexity index is 1420. The molecule has 0 fully saturated rings. The van der Waals surface area contributed by atoms with Gasteiger partial charge in [-0.25, -0.2) is 0 Å². The molecule has 0 aliphatic carbocycles. The second-order valence-corrected chi connectivity index (χ2v) is 9.05. The number of ether oxygens (including phenoxy) is 2. The molecule has 0 spiro atoms. The van der Waals surface area contributed by atoms with Crippen LogP contribution in [-0.4, -0.2) is 17.4 Å². The minimum absolute atomic E-state index is 0.0763. The van der Waals surface area contributed by atoms with E-state index in [0.717, 1.165) is 40.1 Å². The number of hydrogen-bond donors (Lipinski definition) is 0. The summed E-state index contributed by atoms with van der Waals surface area (Å²) < 4.78 is 12.3. The molecule has 0 unspecified atom stereocenters. The molecule has 2 aliphatic rings. The van der Waals surface area contributed by atoms with E-state index in [2.05, 4.69) is 41.3 Å². The van der Waals surface area contributed by atoms with Crippen LogP contribution >= 0.6 is 0 Å². The summed E-state index contributed by atoms with van der Waals surface area (Å²) in [6.07, 6.45) is 1.83. The molecule has 0 bridgehead atoms. The van der Waals surface area contributed by atoms with E-state index < -0.39 is 0 Å². The average Bonchev–Trinajstić information content (AvgIpc) is 3.23. The van der Waals surface area contributed by atoms with Crippen molar-refractivity contribution >= 4 is 11.9 Å². The standard InChI is InChI=1S/C31H25NO3/c1-21-16-27-26(19-32(20-34-27)18-23-8-4-2-5-9-23)31-29(21)30(33)28(35-31)17-22-12-14-25(15-13-22)24-10-6-3-7-11-24/h2-17H,18-20H2,1H3/b28-17-. The molecule has 0 aromatic heterocycles. The van der Waals surface area contributed by atoms with Crippen molar-refractivity contribution in [1.29, 1.82) is 0 Å². The van der Waals surface area contributed by atoms with E-state index >= 15 is 0 Å². The first-order valence-corrected chi connectivity index (χ1v) is 11.8. The summed E-state index contributed by atoms with van der Waals surface area (Å²) in [5.74, 6) is 1.71. The Morgan fingerprint density at radius 2 is 1.57 bits per heavy atom. The summed E-state index contributed by atoms with van der Waals surface area (Å²) in [6.45, 7) is 3.88. The molecule has 0 saturated carbocycles. The van der Waals surface area contributed by atoms with E-state index in [4.69, 9.17) is 9.47 Å². The molecule has 2 heterocycles. The number of carbonyl (C=O) groups is 1. The zero-order chi connectivity index (χ0) is 23.8. The van der Waals surface area contributed by atoms with Crippen LogP contribution in [0.1, 0.15) is 32.6 Å². The lowest BCUT2D eigenvalue weighted by atomic mass is 9.98. The monoisotopic (exact) mass is 459 g/mol. The van der Waals surface area contributed by atoms with E-state index in [1.807, 2.05) is 67.6 Å². The van der Waals surface area contributed by atoms with Gasteiger partial charge in [0.15, 0.2) is 5.76 Å². The number of hydrogen-bond acceptors (Lipinski definition) is 4. The van der Waals surface area contributed by atoms with Gasteiger partial charge >= 0.3 is 0 Å². The molecule has 0 radical (unpaired) electrons. The molecule has 0 saturated heterocycles. The van der Waals surface area contributed by atoms with E-state index in [0.29, 0.717) is 30.3 Å². The molecule has 0 atom stereocenters. The van der Waals surface area contributed by atoms with Gasteiger partial charge in [-0.1, -0.05) is 84.9 Å². The first kappa shape index (κ1) is 21.4. The minimum Gasteiger partial charge on any atom is -0.478 e. The van der Waals surface area contributed by atoms with Crippen LogP contribution in [0.4, 0.5) is 0 Å². The summed E-state index contributed by atoms with van der Waals surface area (Å²) in [5.41, 5.74) is 6.90. The lowest BCUT2D eigenvalue weighted by Crippen LogP contribution is -2.31. The largest absolute Gasteiger partial charge is 0.478 e. The molecule has 6 rings (SSSR count). The van der Waals surface area contributed by atoms with Gasteiger partial charge in [0.1, 0.15) is 18.2 Å². The summed E-state index contributed by atoms with van der Waals surface area (Å²) in [4.78, 5) is 15.5. The third kappa shape index (κ3) is 4.13. The van der Waals surface area contributed by atoms with Crippen LogP contribution in [0, 0.1) is 6.92 Å². The van der Waals surface area contributed by atoms with Crippen molar-refractivity contribution < 1.29 is 14.3 Å². The predicted octanol–water partition coefficient (Wildman–Crippen LogP) is 6.63. The zero-order valence-corrected chi connectivity index (χ0v) is 19.5. The molecule has 0 amide bonds. The molecule has 4 nitrogen and oxygen atoms in total. The number of benzene rings is 4. The molecule has 4 aromatic carbocycles. The summed E-state index contributed by atoms with van der Waals surface area (Å²) in [5, 5.41) is 0. The average molecular weight is 460 g/mol. The fourth-order valence-electron chi connectivity index (χ4n) is 4.77. The van der Waals surface area contributed by atoms with Crippen molar-refractivity contribution in [1.82, 2.24) is 4.90 Å². The lowest BCUT2D eigenvalue weighted by molar-refractivity contribution is 0.0872. The number of allylic oxidation sites excluding steroid dienone is 1. The number of nitrogens with zero attached hydrogens (tertiary/aromatic N) is 1. The van der Waals surface area contributed by atoms with Gasteiger partial charge in [0.25, 0.3) is 0 Å². The molecule has 2 aliphatic heterocycles. The number of carbonyl (C=O) groups excluding carboxylic acids is 1. The first-order valence-electron chi connectivity index (χ1n) is 11.8. The highest BCUT2D eigenvalue weighted by molar-refractivity contribution is 6.15. The Labute approximate surface area is 205 Å². The third-order valence-electron chi connectivity index (χ3n) is 6.55. The molecular weight excluding hydrogens is 434 g/mol. The van der Waals surface area contributed by atoms with Crippen LogP contribution in [0.25, 0.3) is 17.2 Å². The van der Waals surface area contributed by atoms with E-state index in [1.165, 1.54) is 5.56 Å². The van der Waals surface area contributed by atoms with Crippen LogP contribution in [0.2, 0.25) is 0 Å². The normalized spacial score (nSPS) is 15.9. The maximum Gasteiger partial charge on any atom is 0.232 e. The van der Waals surface area contributed by atoms with Crippen molar-refractivity contribution in [2.24, 2.45) is 0 Å². The molecule has 4 aromatic rings. The molecule has 35 heavy (non-hydrogen) atoms. The van der Waals surface area contributed by atoms with Gasteiger partial charge in [-0.15, -0.1) is 0 Å². The highest BCUT2D eigenvalue weighted by atomic mass is 16.5. The Morgan fingerprint density at radius 1 is 0.886 bits per heavy atom. The quantitative estimate of drug-likeness (QED) is 0.321. The van der Waals surface area contributed by atoms with Gasteiger partial charge in [0.05, 0.1) is 11.1 Å². The highest BCUT2D eigenvalue weighted by Gasteiger charge is 2.35. The number of Topliss-reactive ketones (excluding diaryl/α,β-unsaturated/α-hetero) is 1. The Balaban J connectivity index is 1.28. The summed E-state index contributed by atoms with van der Waals surface area (Å²) in [7, 11) is 0. The maximum atomic E-state index is 13.3. The minimum atomic E-state index is -0.0763. The van der Waals surface area contributed by atoms with Crippen molar-refractivity contribution in [2.75, 3.05) is 6.73 Å². The summed E-state index contributed by atoms with van der Waals surface area (Å²) in [6, 6.07) is 30.7. The van der Waals surface area contributed by atoms with Crippen molar-refractivity contribution in [3.63, 3.8) is 0 Å². The summed E-state index contributed by atoms with van der Waals surface area (Å²) >= 11 is 0. The molecule has 172 valence electrons. The topological polar surface area (TPSA) is 38.8 Å². The number of rotatable bonds is 4. The Kier molecular flexibility index (Phi) is 5.44. The fourth-order valence-corrected chi connectivity index (χ4v) is 4.77. The zero-order valence-electron chi connectivity index (χ0n) is 19.5. The van der Waals surface area contributed by atoms with Gasteiger partial charge in [0, 0.05) is 13.1 Å². The van der Waals surface area contributed by atoms with Crippen molar-refractivity contribution in [3.8, 4) is 22.6 Å². The van der Waals surface area contributed by atoms with Gasteiger partial charge < -0.3 is 9.47 Å². The SMILES string of the molecule is Cc1cc2c(c3c1C(=O)/C(=C/c1ccc(-c4ccccc4)cc1)O3)CN(Cc1ccccc1)CO2. The van der Waals surface area contributed by atoms with Crippen molar-refractivity contribution in [2.45, 2.75) is 20.0 Å². The second-order valence-electron chi connectivity index (χ2n) is 9.05. The van der Waals surface area contributed by atoms with E-state index in [9.17, 15) is 4.79 Å². The van der Waals surface area contributed by atoms with Gasteiger partial charge in [-0.3, -0.25) is 9.69 Å². The maximum absolute atomic E-state index is 13.3. The Morgan fingerprint density at radius 3 is 2.31 bits per heavy atom. The van der Waals surface area contributed by atoms with Crippen molar-refractivity contribution in [3.05, 3.63) is 125 Å². The first-order chi connectivity index (χ1) is 17.2. The van der Waals surface area contributed by atoms with E-state index in [1.54, 1.807) is 0 Å². The van der Waals surface area contributed by atoms with Crippen LogP contribution in [0.5, 0.6) is 11.5 Å².